The molecule has 2 saturated carbocycles. The third-order valence-electron chi connectivity index (χ3n) is 5.85. The van der Waals surface area contributed by atoms with Gasteiger partial charge in [0.1, 0.15) is 5.75 Å². The summed E-state index contributed by atoms with van der Waals surface area (Å²) in [6, 6.07) is 6.39. The first-order valence-electron chi connectivity index (χ1n) is 9.05. The summed E-state index contributed by atoms with van der Waals surface area (Å²) in [4.78, 5) is 0. The Labute approximate surface area is 134 Å². The van der Waals surface area contributed by atoms with Crippen LogP contribution in [0.3, 0.4) is 0 Å². The third-order valence-corrected chi connectivity index (χ3v) is 5.85. The number of aliphatic hydroxyl groups excluding tert-OH is 1. The van der Waals surface area contributed by atoms with Crippen LogP contribution in [0.2, 0.25) is 0 Å². The maximum absolute atomic E-state index is 10.4. The number of hydrogen-bond acceptors (Lipinski definition) is 2. The van der Waals surface area contributed by atoms with E-state index >= 15 is 0 Å². The van der Waals surface area contributed by atoms with Gasteiger partial charge in [0.05, 0.1) is 6.10 Å². The quantitative estimate of drug-likeness (QED) is 0.808. The van der Waals surface area contributed by atoms with Crippen molar-refractivity contribution in [1.82, 2.24) is 0 Å². The molecule has 5 unspecified atom stereocenters. The number of phenols is 1. The van der Waals surface area contributed by atoms with Gasteiger partial charge in [-0.15, -0.1) is 0 Å². The maximum Gasteiger partial charge on any atom is 0.119 e. The molecule has 2 fully saturated rings. The van der Waals surface area contributed by atoms with E-state index in [1.54, 1.807) is 0 Å². The summed E-state index contributed by atoms with van der Waals surface area (Å²) in [6.07, 6.45) is 8.22. The highest BCUT2D eigenvalue weighted by Crippen LogP contribution is 2.41. The van der Waals surface area contributed by atoms with Crippen LogP contribution in [-0.4, -0.2) is 16.3 Å². The molecule has 2 aliphatic carbocycles. The fraction of sp³-hybridized carbons (Fsp3) is 0.700. The predicted molar refractivity (Wildman–Crippen MR) is 90.2 cm³/mol. The van der Waals surface area contributed by atoms with Crippen LogP contribution in [0.5, 0.6) is 5.75 Å². The molecular formula is C20H30O2. The number of aromatic hydroxyl groups is 1. The second kappa shape index (κ2) is 6.62. The molecule has 2 N–H and O–H groups in total. The van der Waals surface area contributed by atoms with Crippen LogP contribution in [0, 0.1) is 11.8 Å². The van der Waals surface area contributed by atoms with Crippen molar-refractivity contribution in [1.29, 1.82) is 0 Å². The van der Waals surface area contributed by atoms with Crippen molar-refractivity contribution >= 4 is 0 Å². The molecule has 0 aromatic heterocycles. The minimum atomic E-state index is -0.0588. The zero-order valence-electron chi connectivity index (χ0n) is 14.0. The largest absolute Gasteiger partial charge is 0.508 e. The average Bonchev–Trinajstić information content (AvgIpc) is 3.20. The molecule has 0 spiro atoms. The van der Waals surface area contributed by atoms with E-state index in [4.69, 9.17) is 0 Å². The van der Waals surface area contributed by atoms with E-state index in [2.05, 4.69) is 26.0 Å². The highest BCUT2D eigenvalue weighted by atomic mass is 16.3. The van der Waals surface area contributed by atoms with Crippen molar-refractivity contribution in [2.24, 2.45) is 11.8 Å². The SMILES string of the molecule is CC1CCCC(c2ccc(C(C)CCC3CC3O)c(O)c2)C1. The molecule has 0 amide bonds. The van der Waals surface area contributed by atoms with E-state index in [1.165, 1.54) is 31.2 Å². The van der Waals surface area contributed by atoms with Gasteiger partial charge in [-0.2, -0.15) is 0 Å². The Bertz CT molecular complexity index is 510. The molecule has 0 radical (unpaired) electrons. The first kappa shape index (κ1) is 15.9. The van der Waals surface area contributed by atoms with Crippen molar-refractivity contribution < 1.29 is 10.2 Å². The van der Waals surface area contributed by atoms with Crippen LogP contribution in [-0.2, 0) is 0 Å². The molecule has 5 atom stereocenters. The van der Waals surface area contributed by atoms with Crippen LogP contribution < -0.4 is 0 Å². The lowest BCUT2D eigenvalue weighted by Gasteiger charge is -2.27. The average molecular weight is 302 g/mol. The van der Waals surface area contributed by atoms with E-state index in [0.29, 0.717) is 23.5 Å². The smallest absolute Gasteiger partial charge is 0.119 e. The van der Waals surface area contributed by atoms with Crippen LogP contribution in [0.15, 0.2) is 18.2 Å². The van der Waals surface area contributed by atoms with Crippen molar-refractivity contribution in [2.75, 3.05) is 0 Å². The van der Waals surface area contributed by atoms with Gasteiger partial charge in [0.2, 0.25) is 0 Å². The molecule has 3 rings (SSSR count). The lowest BCUT2D eigenvalue weighted by molar-refractivity contribution is 0.255. The molecule has 122 valence electrons. The predicted octanol–water partition coefficient (Wildman–Crippen LogP) is 4.95. The van der Waals surface area contributed by atoms with Crippen LogP contribution in [0.4, 0.5) is 0 Å². The van der Waals surface area contributed by atoms with Gasteiger partial charge in [0, 0.05) is 0 Å². The summed E-state index contributed by atoms with van der Waals surface area (Å²) < 4.78 is 0. The van der Waals surface area contributed by atoms with Gasteiger partial charge in [-0.1, -0.05) is 38.8 Å². The minimum Gasteiger partial charge on any atom is -0.508 e. The van der Waals surface area contributed by atoms with Gasteiger partial charge in [-0.05, 0) is 73.0 Å². The highest BCUT2D eigenvalue weighted by molar-refractivity contribution is 5.40. The number of aliphatic hydroxyl groups is 1. The molecule has 2 aliphatic rings. The summed E-state index contributed by atoms with van der Waals surface area (Å²) >= 11 is 0. The Morgan fingerprint density at radius 3 is 2.64 bits per heavy atom. The van der Waals surface area contributed by atoms with Gasteiger partial charge in [0.15, 0.2) is 0 Å². The van der Waals surface area contributed by atoms with E-state index in [-0.39, 0.29) is 6.10 Å². The molecule has 2 heteroatoms. The van der Waals surface area contributed by atoms with Gasteiger partial charge in [0.25, 0.3) is 0 Å². The summed E-state index contributed by atoms with van der Waals surface area (Å²) in [5, 5.41) is 19.9. The van der Waals surface area contributed by atoms with Gasteiger partial charge in [-0.25, -0.2) is 0 Å². The van der Waals surface area contributed by atoms with E-state index in [0.717, 1.165) is 30.7 Å². The zero-order chi connectivity index (χ0) is 15.7. The van der Waals surface area contributed by atoms with Gasteiger partial charge >= 0.3 is 0 Å². The van der Waals surface area contributed by atoms with E-state index in [1.807, 2.05) is 6.07 Å². The molecule has 1 aromatic rings. The number of rotatable bonds is 5. The topological polar surface area (TPSA) is 40.5 Å². The van der Waals surface area contributed by atoms with Crippen molar-refractivity contribution in [3.8, 4) is 5.75 Å². The monoisotopic (exact) mass is 302 g/mol. The number of phenolic OH excluding ortho intramolecular Hbond substituents is 1. The Balaban J connectivity index is 1.63. The lowest BCUT2D eigenvalue weighted by Crippen LogP contribution is -2.11. The molecule has 2 nitrogen and oxygen atoms in total. The van der Waals surface area contributed by atoms with Crippen molar-refractivity contribution in [3.63, 3.8) is 0 Å². The molecule has 0 heterocycles. The molecule has 0 bridgehead atoms. The Kier molecular flexibility index (Phi) is 4.77. The first-order valence-corrected chi connectivity index (χ1v) is 9.05. The summed E-state index contributed by atoms with van der Waals surface area (Å²) in [5.74, 6) is 2.78. The van der Waals surface area contributed by atoms with Crippen molar-refractivity contribution in [3.05, 3.63) is 29.3 Å². The molecule has 0 aliphatic heterocycles. The summed E-state index contributed by atoms with van der Waals surface area (Å²) in [6.45, 7) is 4.53. The van der Waals surface area contributed by atoms with Gasteiger partial charge < -0.3 is 10.2 Å². The minimum absolute atomic E-state index is 0.0588. The van der Waals surface area contributed by atoms with Crippen LogP contribution in [0.1, 0.15) is 81.8 Å². The molecule has 22 heavy (non-hydrogen) atoms. The molecular weight excluding hydrogens is 272 g/mol. The number of benzene rings is 1. The molecule has 1 aromatic carbocycles. The molecule has 0 saturated heterocycles. The fourth-order valence-electron chi connectivity index (χ4n) is 4.13. The fourth-order valence-corrected chi connectivity index (χ4v) is 4.13. The third kappa shape index (κ3) is 3.65. The summed E-state index contributed by atoms with van der Waals surface area (Å²) in [7, 11) is 0. The second-order valence-corrected chi connectivity index (χ2v) is 7.83. The van der Waals surface area contributed by atoms with E-state index < -0.39 is 0 Å². The van der Waals surface area contributed by atoms with E-state index in [9.17, 15) is 10.2 Å². The van der Waals surface area contributed by atoms with Crippen molar-refractivity contribution in [2.45, 2.75) is 76.7 Å². The second-order valence-electron chi connectivity index (χ2n) is 7.83. The first-order chi connectivity index (χ1) is 10.5. The standard InChI is InChI=1S/C20H30O2/c1-13-4-3-5-15(10-13)16-8-9-18(20(22)11-16)14(2)6-7-17-12-19(17)21/h8-9,11,13-15,17,19,21-22H,3-7,10,12H2,1-2H3. The highest BCUT2D eigenvalue weighted by Gasteiger charge is 2.34. The normalized spacial score (nSPS) is 32.7. The maximum atomic E-state index is 10.4. The Morgan fingerprint density at radius 1 is 1.23 bits per heavy atom. The lowest BCUT2D eigenvalue weighted by atomic mass is 9.78. The number of hydrogen-bond donors (Lipinski definition) is 2. The van der Waals surface area contributed by atoms with Gasteiger partial charge in [-0.3, -0.25) is 0 Å². The Hall–Kier alpha value is -1.02. The Morgan fingerprint density at radius 2 is 2.00 bits per heavy atom. The summed E-state index contributed by atoms with van der Waals surface area (Å²) in [5.41, 5.74) is 2.39. The van der Waals surface area contributed by atoms with Crippen LogP contribution >= 0.6 is 0 Å². The zero-order valence-corrected chi connectivity index (χ0v) is 14.0. The van der Waals surface area contributed by atoms with Crippen LogP contribution in [0.25, 0.3) is 0 Å².